The van der Waals surface area contributed by atoms with E-state index in [4.69, 9.17) is 27.9 Å². The first-order valence-corrected chi connectivity index (χ1v) is 11.7. The van der Waals surface area contributed by atoms with E-state index < -0.39 is 23.3 Å². The number of halogens is 2. The van der Waals surface area contributed by atoms with Crippen molar-refractivity contribution in [1.29, 1.82) is 0 Å². The number of hydrogen-bond acceptors (Lipinski definition) is 4. The van der Waals surface area contributed by atoms with Crippen molar-refractivity contribution < 1.29 is 24.2 Å². The minimum Gasteiger partial charge on any atom is -0.489 e. The van der Waals surface area contributed by atoms with Gasteiger partial charge in [0.1, 0.15) is 23.8 Å². The zero-order chi connectivity index (χ0) is 25.5. The van der Waals surface area contributed by atoms with E-state index in [1.807, 2.05) is 13.8 Å². The molecule has 7 nitrogen and oxygen atoms in total. The first-order valence-electron chi connectivity index (χ1n) is 11.0. The Bertz CT molecular complexity index is 1000. The van der Waals surface area contributed by atoms with Crippen molar-refractivity contribution in [3.8, 4) is 5.75 Å². The molecule has 0 aliphatic carbocycles. The smallest absolute Gasteiger partial charge is 0.326 e. The highest BCUT2D eigenvalue weighted by molar-refractivity contribution is 6.35. The maximum atomic E-state index is 12.8. The van der Waals surface area contributed by atoms with Crippen molar-refractivity contribution >= 4 is 41.0 Å². The maximum Gasteiger partial charge on any atom is 0.326 e. The van der Waals surface area contributed by atoms with E-state index in [0.29, 0.717) is 40.0 Å². The predicted octanol–water partition coefficient (Wildman–Crippen LogP) is 4.58. The lowest BCUT2D eigenvalue weighted by Gasteiger charge is -2.30. The van der Waals surface area contributed by atoms with Crippen molar-refractivity contribution in [2.75, 3.05) is 13.1 Å². The molecule has 2 aromatic carbocycles. The van der Waals surface area contributed by atoms with Gasteiger partial charge in [-0.25, -0.2) is 4.79 Å². The fourth-order valence-electron chi connectivity index (χ4n) is 3.33. The third-order valence-electron chi connectivity index (χ3n) is 5.56. The largest absolute Gasteiger partial charge is 0.489 e. The molecule has 0 bridgehead atoms. The number of rotatable bonds is 11. The van der Waals surface area contributed by atoms with Crippen LogP contribution in [0.2, 0.25) is 10.0 Å². The van der Waals surface area contributed by atoms with Gasteiger partial charge in [-0.15, -0.1) is 0 Å². The molecule has 0 radical (unpaired) electrons. The molecule has 0 fully saturated rings. The van der Waals surface area contributed by atoms with Crippen LogP contribution in [0.5, 0.6) is 5.75 Å². The van der Waals surface area contributed by atoms with Gasteiger partial charge in [0.25, 0.3) is 0 Å². The van der Waals surface area contributed by atoms with E-state index >= 15 is 0 Å². The molecule has 2 aromatic rings. The van der Waals surface area contributed by atoms with Crippen LogP contribution in [0.4, 0.5) is 0 Å². The highest BCUT2D eigenvalue weighted by Gasteiger charge is 2.40. The van der Waals surface area contributed by atoms with E-state index in [9.17, 15) is 19.5 Å². The lowest BCUT2D eigenvalue weighted by molar-refractivity contribution is -0.151. The number of benzene rings is 2. The second-order valence-electron chi connectivity index (χ2n) is 8.30. The van der Waals surface area contributed by atoms with Crippen molar-refractivity contribution in [3.63, 3.8) is 0 Å². The number of carboxylic acid groups (broad SMARTS) is 1. The zero-order valence-corrected chi connectivity index (χ0v) is 21.2. The van der Waals surface area contributed by atoms with Gasteiger partial charge in [0.05, 0.1) is 0 Å². The number of nitrogens with one attached hydrogen (secondary N) is 1. The van der Waals surface area contributed by atoms with Crippen LogP contribution in [-0.4, -0.2) is 46.9 Å². The molecule has 2 amide bonds. The lowest BCUT2D eigenvalue weighted by Crippen LogP contribution is -2.53. The third-order valence-corrected chi connectivity index (χ3v) is 6.27. The number of carbonyl (C=O) groups excluding carboxylic acids is 2. The fourth-order valence-corrected chi connectivity index (χ4v) is 3.83. The van der Waals surface area contributed by atoms with E-state index in [-0.39, 0.29) is 18.9 Å². The zero-order valence-electron chi connectivity index (χ0n) is 19.7. The Morgan fingerprint density at radius 1 is 1.03 bits per heavy atom. The average molecular weight is 509 g/mol. The molecule has 1 atom stereocenters. The number of aliphatic carboxylic acids is 1. The van der Waals surface area contributed by atoms with Gasteiger partial charge in [0, 0.05) is 35.1 Å². The Morgan fingerprint density at radius 2 is 1.59 bits per heavy atom. The molecule has 0 saturated carbocycles. The summed E-state index contributed by atoms with van der Waals surface area (Å²) in [6.45, 7) is 7.76. The molecule has 2 rings (SSSR count). The van der Waals surface area contributed by atoms with E-state index in [1.54, 1.807) is 47.4 Å². The molecule has 0 aliphatic rings. The lowest BCUT2D eigenvalue weighted by atomic mass is 9.89. The van der Waals surface area contributed by atoms with Crippen LogP contribution in [-0.2, 0) is 27.4 Å². The SMILES string of the molecule is CCN(CC)C(=O)C(C)(C)C(=O)N[C@@H](Cc1ccc(OCc2c(Cl)cccc2Cl)cc1)C(=O)O. The Kier molecular flexibility index (Phi) is 9.77. The van der Waals surface area contributed by atoms with Crippen molar-refractivity contribution in [2.24, 2.45) is 5.41 Å². The summed E-state index contributed by atoms with van der Waals surface area (Å²) in [5, 5.41) is 13.2. The van der Waals surface area contributed by atoms with Crippen LogP contribution in [0.3, 0.4) is 0 Å². The van der Waals surface area contributed by atoms with Gasteiger partial charge in [-0.1, -0.05) is 41.4 Å². The third kappa shape index (κ3) is 6.87. The molecule has 2 N–H and O–H groups in total. The van der Waals surface area contributed by atoms with Crippen LogP contribution in [0.25, 0.3) is 0 Å². The van der Waals surface area contributed by atoms with Crippen molar-refractivity contribution in [1.82, 2.24) is 10.2 Å². The Hall–Kier alpha value is -2.77. The summed E-state index contributed by atoms with van der Waals surface area (Å²) in [5.41, 5.74) is -0.0358. The van der Waals surface area contributed by atoms with Gasteiger partial charge in [-0.2, -0.15) is 0 Å². The van der Waals surface area contributed by atoms with Gasteiger partial charge in [0.2, 0.25) is 11.8 Å². The molecular weight excluding hydrogens is 479 g/mol. The molecule has 0 heterocycles. The summed E-state index contributed by atoms with van der Waals surface area (Å²) in [4.78, 5) is 38.9. The number of hydrogen-bond donors (Lipinski definition) is 2. The number of carboxylic acids is 1. The molecule has 184 valence electrons. The number of amides is 2. The van der Waals surface area contributed by atoms with Crippen molar-refractivity contribution in [3.05, 3.63) is 63.6 Å². The second-order valence-corrected chi connectivity index (χ2v) is 9.12. The normalized spacial score (nSPS) is 12.1. The molecule has 34 heavy (non-hydrogen) atoms. The summed E-state index contributed by atoms with van der Waals surface area (Å²) in [7, 11) is 0. The molecule has 9 heteroatoms. The van der Waals surface area contributed by atoms with Gasteiger partial charge in [0.15, 0.2) is 0 Å². The Balaban J connectivity index is 2.04. The molecular formula is C25H30Cl2N2O5. The Labute approximate surface area is 210 Å². The van der Waals surface area contributed by atoms with Gasteiger partial charge >= 0.3 is 5.97 Å². The van der Waals surface area contributed by atoms with E-state index in [1.165, 1.54) is 13.8 Å². The van der Waals surface area contributed by atoms with Gasteiger partial charge < -0.3 is 20.1 Å². The number of carbonyl (C=O) groups is 3. The number of nitrogens with zero attached hydrogens (tertiary/aromatic N) is 1. The monoisotopic (exact) mass is 508 g/mol. The quantitative estimate of drug-likeness (QED) is 0.433. The highest BCUT2D eigenvalue weighted by atomic mass is 35.5. The molecule has 0 aliphatic heterocycles. The van der Waals surface area contributed by atoms with Crippen LogP contribution in [0.15, 0.2) is 42.5 Å². The van der Waals surface area contributed by atoms with Crippen LogP contribution in [0, 0.1) is 5.41 Å². The first-order chi connectivity index (χ1) is 16.0. The summed E-state index contributed by atoms with van der Waals surface area (Å²) in [5.74, 6) is -1.61. The summed E-state index contributed by atoms with van der Waals surface area (Å²) in [6, 6.07) is 10.9. The maximum absolute atomic E-state index is 12.8. The van der Waals surface area contributed by atoms with Gasteiger partial charge in [-0.05, 0) is 57.5 Å². The fraction of sp³-hybridized carbons (Fsp3) is 0.400. The van der Waals surface area contributed by atoms with Crippen molar-refractivity contribution in [2.45, 2.75) is 46.8 Å². The topological polar surface area (TPSA) is 95.9 Å². The van der Waals surface area contributed by atoms with E-state index in [0.717, 1.165) is 0 Å². The summed E-state index contributed by atoms with van der Waals surface area (Å²) < 4.78 is 5.74. The van der Waals surface area contributed by atoms with Gasteiger partial charge in [-0.3, -0.25) is 9.59 Å². The minimum absolute atomic E-state index is 0.0488. The Morgan fingerprint density at radius 3 is 2.09 bits per heavy atom. The standard InChI is InChI=1S/C25H30Cl2N2O5/c1-5-29(6-2)24(33)25(3,4)23(32)28-21(22(30)31)14-16-10-12-17(13-11-16)34-15-18-19(26)8-7-9-20(18)27/h7-13,21H,5-6,14-15H2,1-4H3,(H,28,32)(H,30,31)/t21-/m0/s1. The molecule has 0 saturated heterocycles. The summed E-state index contributed by atoms with van der Waals surface area (Å²) >= 11 is 12.3. The van der Waals surface area contributed by atoms with Crippen LogP contribution < -0.4 is 10.1 Å². The first kappa shape index (κ1) is 27.5. The van der Waals surface area contributed by atoms with E-state index in [2.05, 4.69) is 5.32 Å². The molecule has 0 spiro atoms. The molecule has 0 unspecified atom stereocenters. The molecule has 0 aromatic heterocycles. The predicted molar refractivity (Wildman–Crippen MR) is 132 cm³/mol. The van der Waals surface area contributed by atoms with Crippen LogP contribution in [0.1, 0.15) is 38.8 Å². The summed E-state index contributed by atoms with van der Waals surface area (Å²) in [6.07, 6.45) is 0.0488. The van der Waals surface area contributed by atoms with Crippen LogP contribution >= 0.6 is 23.2 Å². The minimum atomic E-state index is -1.39. The average Bonchev–Trinajstić information content (AvgIpc) is 2.79. The highest BCUT2D eigenvalue weighted by Crippen LogP contribution is 2.26. The number of ether oxygens (including phenoxy) is 1. The second kappa shape index (κ2) is 12.1.